The molecule has 0 aliphatic heterocycles. The number of nitrogens with one attached hydrogen (secondary N) is 2. The summed E-state index contributed by atoms with van der Waals surface area (Å²) < 4.78 is 49.3. The fraction of sp³-hybridized carbons (Fsp3) is 0.136. The number of aryl methyl sites for hydroxylation is 1. The zero-order valence-corrected chi connectivity index (χ0v) is 19.5. The van der Waals surface area contributed by atoms with Crippen LogP contribution in [0.15, 0.2) is 55.5 Å². The highest BCUT2D eigenvalue weighted by Crippen LogP contribution is 2.28. The lowest BCUT2D eigenvalue weighted by Crippen LogP contribution is -2.43. The Morgan fingerprint density at radius 1 is 1.03 bits per heavy atom. The molecule has 0 radical (unpaired) electrons. The van der Waals surface area contributed by atoms with E-state index >= 15 is 0 Å². The molecule has 3 heterocycles. The van der Waals surface area contributed by atoms with Gasteiger partial charge in [0.25, 0.3) is 5.56 Å². The van der Waals surface area contributed by atoms with Crippen molar-refractivity contribution in [2.75, 3.05) is 5.32 Å². The molecule has 0 bridgehead atoms. The van der Waals surface area contributed by atoms with Crippen LogP contribution in [-0.4, -0.2) is 29.1 Å². The zero-order chi connectivity index (χ0) is 26.4. The Labute approximate surface area is 208 Å². The maximum atomic E-state index is 14.5. The molecule has 0 unspecified atom stereocenters. The van der Waals surface area contributed by atoms with Crippen molar-refractivity contribution in [3.05, 3.63) is 102 Å². The Bertz CT molecular complexity index is 1840. The molecule has 3 aromatic heterocycles. The number of anilines is 2. The second-order valence-corrected chi connectivity index (χ2v) is 8.41. The van der Waals surface area contributed by atoms with E-state index in [0.717, 1.165) is 4.57 Å². The van der Waals surface area contributed by atoms with Crippen molar-refractivity contribution in [2.24, 2.45) is 7.05 Å². The molecule has 0 saturated carbocycles. The van der Waals surface area contributed by atoms with Crippen LogP contribution in [0.5, 0.6) is 0 Å². The summed E-state index contributed by atoms with van der Waals surface area (Å²) >= 11 is 6.33. The molecule has 0 amide bonds. The number of benzene rings is 2. The van der Waals surface area contributed by atoms with Crippen molar-refractivity contribution in [3.63, 3.8) is 0 Å². The molecular weight excluding hydrogens is 519 g/mol. The van der Waals surface area contributed by atoms with Crippen molar-refractivity contribution < 1.29 is 17.7 Å². The van der Waals surface area contributed by atoms with Gasteiger partial charge < -0.3 is 9.84 Å². The molecule has 0 saturated heterocycles. The lowest BCUT2D eigenvalue weighted by Gasteiger charge is -2.16. The largest absolute Gasteiger partial charge is 0.364 e. The topological polar surface area (TPSA) is 133 Å². The van der Waals surface area contributed by atoms with E-state index in [2.05, 4.69) is 20.6 Å². The Morgan fingerprint density at radius 2 is 1.78 bits per heavy atom. The van der Waals surface area contributed by atoms with Crippen LogP contribution in [0.4, 0.5) is 24.8 Å². The molecule has 2 N–H and O–H groups in total. The molecule has 2 aromatic carbocycles. The lowest BCUT2D eigenvalue weighted by atomic mass is 10.2. The minimum absolute atomic E-state index is 0.0981. The highest BCUT2D eigenvalue weighted by Gasteiger charge is 2.19. The van der Waals surface area contributed by atoms with Crippen molar-refractivity contribution in [1.29, 1.82) is 0 Å². The van der Waals surface area contributed by atoms with Gasteiger partial charge in [0.05, 0.1) is 34.7 Å². The fourth-order valence-electron chi connectivity index (χ4n) is 3.71. The van der Waals surface area contributed by atoms with Crippen molar-refractivity contribution in [2.45, 2.75) is 13.1 Å². The first-order chi connectivity index (χ1) is 17.6. The smallest absolute Gasteiger partial charge is 0.355 e. The number of hydrogen-bond donors (Lipinski definition) is 2. The molecule has 190 valence electrons. The zero-order valence-electron chi connectivity index (χ0n) is 18.8. The average molecular weight is 534 g/mol. The summed E-state index contributed by atoms with van der Waals surface area (Å²) in [7, 11) is 1.51. The monoisotopic (exact) mass is 533 g/mol. The number of hydrogen-bond acceptors (Lipinski definition) is 7. The van der Waals surface area contributed by atoms with Crippen LogP contribution in [0.1, 0.15) is 11.3 Å². The third kappa shape index (κ3) is 4.42. The summed E-state index contributed by atoms with van der Waals surface area (Å²) in [6.45, 7) is -0.962. The molecule has 0 atom stereocenters. The maximum absolute atomic E-state index is 14.5. The normalized spacial score (nSPS) is 11.4. The van der Waals surface area contributed by atoms with Gasteiger partial charge in [-0.2, -0.15) is 4.98 Å². The lowest BCUT2D eigenvalue weighted by molar-refractivity contribution is 0.407. The molecule has 0 aliphatic rings. The Morgan fingerprint density at radius 3 is 2.51 bits per heavy atom. The van der Waals surface area contributed by atoms with E-state index in [1.165, 1.54) is 36.2 Å². The quantitative estimate of drug-likeness (QED) is 0.320. The predicted molar refractivity (Wildman–Crippen MR) is 126 cm³/mol. The number of nitrogens with zero attached hydrogens (tertiary/aromatic N) is 5. The molecule has 15 heteroatoms. The van der Waals surface area contributed by atoms with Gasteiger partial charge in [0.1, 0.15) is 17.8 Å². The number of fused-ring (bicyclic) bond motifs is 1. The summed E-state index contributed by atoms with van der Waals surface area (Å²) in [5.41, 5.74) is -1.96. The van der Waals surface area contributed by atoms with E-state index in [0.29, 0.717) is 22.2 Å². The van der Waals surface area contributed by atoms with E-state index < -0.39 is 40.9 Å². The summed E-state index contributed by atoms with van der Waals surface area (Å²) in [6.07, 6.45) is 1.24. The van der Waals surface area contributed by atoms with E-state index in [1.807, 2.05) is 0 Å². The molecule has 0 aliphatic carbocycles. The predicted octanol–water partition coefficient (Wildman–Crippen LogP) is 2.48. The highest BCUT2D eigenvalue weighted by atomic mass is 35.5. The highest BCUT2D eigenvalue weighted by molar-refractivity contribution is 6.34. The molecule has 11 nitrogen and oxygen atoms in total. The third-order valence-electron chi connectivity index (χ3n) is 5.56. The Hall–Kier alpha value is -4.59. The summed E-state index contributed by atoms with van der Waals surface area (Å²) in [5, 5.41) is 9.53. The summed E-state index contributed by atoms with van der Waals surface area (Å²) in [6, 6.07) is 5.18. The number of rotatable bonds is 6. The van der Waals surface area contributed by atoms with E-state index in [-0.39, 0.29) is 39.8 Å². The first-order valence-corrected chi connectivity index (χ1v) is 10.9. The number of aromatic amines is 1. The number of halogens is 4. The van der Waals surface area contributed by atoms with Gasteiger partial charge in [-0.25, -0.2) is 27.3 Å². The maximum Gasteiger partial charge on any atom is 0.355 e. The van der Waals surface area contributed by atoms with Crippen LogP contribution in [0.25, 0.3) is 10.9 Å². The van der Waals surface area contributed by atoms with Crippen LogP contribution in [-0.2, 0) is 20.1 Å². The number of H-pyrrole nitrogens is 1. The second kappa shape index (κ2) is 9.13. The average Bonchev–Trinajstić information content (AvgIpc) is 3.45. The van der Waals surface area contributed by atoms with Gasteiger partial charge >= 0.3 is 11.4 Å². The molecule has 0 fully saturated rings. The molecular formula is C22H15ClF3N7O4. The van der Waals surface area contributed by atoms with Crippen molar-refractivity contribution in [3.8, 4) is 0 Å². The standard InChI is InChI=1S/C22H15ClF3N7O4/c1-31-19(34)12-5-18(13(23)6-17(12)29-31)27-20-28-21(35)33(9-11-2-3-37-30-11)22(36)32(20)8-10-4-15(25)16(26)7-14(10)24/h2-7,29H,8-9H2,1H3,(H,27,28,35). The van der Waals surface area contributed by atoms with Crippen molar-refractivity contribution in [1.82, 2.24) is 29.1 Å². The van der Waals surface area contributed by atoms with Crippen LogP contribution in [0.2, 0.25) is 5.02 Å². The minimum Gasteiger partial charge on any atom is -0.364 e. The van der Waals surface area contributed by atoms with Gasteiger partial charge in [-0.3, -0.25) is 19.1 Å². The number of aromatic nitrogens is 6. The fourth-order valence-corrected chi connectivity index (χ4v) is 3.92. The van der Waals surface area contributed by atoms with E-state index in [9.17, 15) is 27.6 Å². The first kappa shape index (κ1) is 24.1. The van der Waals surface area contributed by atoms with Gasteiger partial charge in [0, 0.05) is 24.7 Å². The van der Waals surface area contributed by atoms with Gasteiger partial charge in [0.2, 0.25) is 5.95 Å². The molecule has 0 spiro atoms. The van der Waals surface area contributed by atoms with E-state index in [4.69, 9.17) is 16.1 Å². The second-order valence-electron chi connectivity index (χ2n) is 8.00. The summed E-state index contributed by atoms with van der Waals surface area (Å²) in [4.78, 5) is 42.4. The van der Waals surface area contributed by atoms with Gasteiger partial charge in [-0.1, -0.05) is 16.8 Å². The van der Waals surface area contributed by atoms with Crippen LogP contribution in [0, 0.1) is 17.5 Å². The van der Waals surface area contributed by atoms with E-state index in [1.54, 1.807) is 0 Å². The first-order valence-electron chi connectivity index (χ1n) is 10.5. The SMILES string of the molecule is Cn1[nH]c2cc(Cl)c(Nc3nc(=O)n(Cc4ccon4)c(=O)n3Cc3cc(F)c(F)cc3F)cc2c1=O. The van der Waals surface area contributed by atoms with Crippen LogP contribution < -0.4 is 22.3 Å². The van der Waals surface area contributed by atoms with Gasteiger partial charge in [-0.05, 0) is 18.2 Å². The molecule has 5 rings (SSSR count). The van der Waals surface area contributed by atoms with Gasteiger partial charge in [-0.15, -0.1) is 0 Å². The van der Waals surface area contributed by atoms with Crippen molar-refractivity contribution >= 4 is 34.1 Å². The third-order valence-corrected chi connectivity index (χ3v) is 5.87. The Kier molecular flexibility index (Phi) is 5.95. The van der Waals surface area contributed by atoms with Gasteiger partial charge in [0.15, 0.2) is 11.6 Å². The van der Waals surface area contributed by atoms with Crippen LogP contribution in [0.3, 0.4) is 0 Å². The molecule has 5 aromatic rings. The minimum atomic E-state index is -1.41. The summed E-state index contributed by atoms with van der Waals surface area (Å²) in [5.74, 6) is -4.25. The van der Waals surface area contributed by atoms with Crippen LogP contribution >= 0.6 is 11.6 Å². The molecule has 37 heavy (non-hydrogen) atoms. The Balaban J connectivity index is 1.66.